The summed E-state index contributed by atoms with van der Waals surface area (Å²) in [5.41, 5.74) is 9.25. The van der Waals surface area contributed by atoms with Gasteiger partial charge in [0.2, 0.25) is 0 Å². The molecule has 4 nitrogen and oxygen atoms in total. The molecule has 0 saturated carbocycles. The van der Waals surface area contributed by atoms with Crippen molar-refractivity contribution in [3.05, 3.63) is 132 Å². The van der Waals surface area contributed by atoms with Crippen LogP contribution < -0.4 is 0 Å². The number of phenolic OH excluding ortho intramolecular Hbond substituents is 1. The molecule has 2 heterocycles. The van der Waals surface area contributed by atoms with E-state index < -0.39 is 0 Å². The zero-order chi connectivity index (χ0) is 30.4. The van der Waals surface area contributed by atoms with Crippen molar-refractivity contribution in [3.8, 4) is 45.3 Å². The molecule has 0 aliphatic heterocycles. The van der Waals surface area contributed by atoms with Crippen LogP contribution in [0.1, 0.15) is 50.7 Å². The molecule has 0 amide bonds. The van der Waals surface area contributed by atoms with Crippen molar-refractivity contribution in [2.45, 2.75) is 39.5 Å². The third-order valence-corrected chi connectivity index (χ3v) is 8.38. The fourth-order valence-corrected chi connectivity index (χ4v) is 6.14. The minimum atomic E-state index is 0. The van der Waals surface area contributed by atoms with Gasteiger partial charge in [0.25, 0.3) is 0 Å². The van der Waals surface area contributed by atoms with Crippen LogP contribution in [0.3, 0.4) is 0 Å². The van der Waals surface area contributed by atoms with E-state index in [1.165, 1.54) is 11.1 Å². The van der Waals surface area contributed by atoms with Gasteiger partial charge in [-0.15, -0.1) is 29.1 Å². The fraction of sp³-hybridized carbons (Fsp3) is 0.150. The third kappa shape index (κ3) is 5.49. The van der Waals surface area contributed by atoms with Crippen molar-refractivity contribution in [1.82, 2.24) is 14.5 Å². The number of hydrogen-bond donors (Lipinski definition) is 1. The monoisotopic (exact) mass is 767 g/mol. The number of nitrogens with zero attached hydrogens (tertiary/aromatic N) is 3. The van der Waals surface area contributed by atoms with Gasteiger partial charge in [0, 0.05) is 26.6 Å². The Balaban J connectivity index is 0.00000357. The molecule has 0 spiro atoms. The van der Waals surface area contributed by atoms with E-state index in [4.69, 9.17) is 9.97 Å². The summed E-state index contributed by atoms with van der Waals surface area (Å²) in [6.45, 7) is 8.91. The standard InChI is InChI=1S/C40H34N3O.Pt/c1-25(2)30-14-9-15-31(26(3)4)38(30)43-37-21-8-7-18-36(37)42-40(43)33-17-10-16-32(39(33)44)35-20-11-19-34(41-35)29-23-22-27-12-5-6-13-28(27)24-29;/h5-22,24-26,44H,1-4H3;/q-1;. The second-order valence-corrected chi connectivity index (χ2v) is 11.9. The Morgan fingerprint density at radius 3 is 2.02 bits per heavy atom. The minimum Gasteiger partial charge on any atom is -0.506 e. The molecular weight excluding hydrogens is 734 g/mol. The van der Waals surface area contributed by atoms with Crippen molar-refractivity contribution in [3.63, 3.8) is 0 Å². The molecule has 7 rings (SSSR count). The molecule has 0 aliphatic rings. The maximum absolute atomic E-state index is 12.0. The Morgan fingerprint density at radius 2 is 1.27 bits per heavy atom. The summed E-state index contributed by atoms with van der Waals surface area (Å²) < 4.78 is 2.24. The molecule has 0 atom stereocenters. The van der Waals surface area contributed by atoms with Gasteiger partial charge in [0.1, 0.15) is 11.6 Å². The van der Waals surface area contributed by atoms with Crippen LogP contribution in [0.4, 0.5) is 0 Å². The van der Waals surface area contributed by atoms with Crippen LogP contribution in [0.5, 0.6) is 5.75 Å². The topological polar surface area (TPSA) is 50.9 Å². The Labute approximate surface area is 278 Å². The first kappa shape index (κ1) is 30.5. The van der Waals surface area contributed by atoms with E-state index in [0.29, 0.717) is 34.5 Å². The molecule has 5 heteroatoms. The molecule has 2 aromatic heterocycles. The van der Waals surface area contributed by atoms with Crippen LogP contribution >= 0.6 is 0 Å². The van der Waals surface area contributed by atoms with Crippen molar-refractivity contribution >= 4 is 21.8 Å². The zero-order valence-corrected chi connectivity index (χ0v) is 28.0. The molecule has 0 fully saturated rings. The molecule has 7 aromatic rings. The van der Waals surface area contributed by atoms with Crippen LogP contribution in [-0.4, -0.2) is 19.6 Å². The van der Waals surface area contributed by atoms with Crippen LogP contribution in [0.25, 0.3) is 61.4 Å². The maximum atomic E-state index is 12.0. The van der Waals surface area contributed by atoms with Crippen LogP contribution in [0.15, 0.2) is 115 Å². The fourth-order valence-electron chi connectivity index (χ4n) is 6.14. The first-order valence-electron chi connectivity index (χ1n) is 15.2. The van der Waals surface area contributed by atoms with Gasteiger partial charge in [-0.3, -0.25) is 9.55 Å². The van der Waals surface area contributed by atoms with Crippen molar-refractivity contribution < 1.29 is 26.2 Å². The number of aromatic nitrogens is 3. The van der Waals surface area contributed by atoms with Gasteiger partial charge in [0.15, 0.2) is 0 Å². The number of para-hydroxylation sites is 4. The summed E-state index contributed by atoms with van der Waals surface area (Å²) in [7, 11) is 0. The van der Waals surface area contributed by atoms with Crippen molar-refractivity contribution in [2.75, 3.05) is 0 Å². The van der Waals surface area contributed by atoms with E-state index in [1.54, 1.807) is 0 Å². The first-order valence-corrected chi connectivity index (χ1v) is 15.2. The Bertz CT molecular complexity index is 2140. The molecule has 5 aromatic carbocycles. The number of rotatable bonds is 6. The van der Waals surface area contributed by atoms with E-state index in [1.807, 2.05) is 72.8 Å². The van der Waals surface area contributed by atoms with E-state index in [2.05, 4.69) is 80.8 Å². The van der Waals surface area contributed by atoms with Gasteiger partial charge in [0.05, 0.1) is 28.0 Å². The second-order valence-electron chi connectivity index (χ2n) is 11.9. The number of phenols is 1. The maximum Gasteiger partial charge on any atom is 0.149 e. The predicted molar refractivity (Wildman–Crippen MR) is 181 cm³/mol. The van der Waals surface area contributed by atoms with Gasteiger partial charge >= 0.3 is 0 Å². The molecule has 0 unspecified atom stereocenters. The summed E-state index contributed by atoms with van der Waals surface area (Å²) >= 11 is 0. The molecule has 0 radical (unpaired) electrons. The molecule has 0 bridgehead atoms. The molecule has 0 aliphatic carbocycles. The number of imidazole rings is 1. The number of fused-ring (bicyclic) bond motifs is 2. The summed E-state index contributed by atoms with van der Waals surface area (Å²) in [5, 5.41) is 14.2. The van der Waals surface area contributed by atoms with Gasteiger partial charge in [-0.2, -0.15) is 0 Å². The molecular formula is C40H34N3OPt-. The average Bonchev–Trinajstić information content (AvgIpc) is 3.43. The number of benzene rings is 5. The van der Waals surface area contributed by atoms with Gasteiger partial charge in [-0.1, -0.05) is 106 Å². The summed E-state index contributed by atoms with van der Waals surface area (Å²) in [4.78, 5) is 10.1. The Kier molecular flexibility index (Phi) is 8.44. The van der Waals surface area contributed by atoms with Crippen molar-refractivity contribution in [1.29, 1.82) is 0 Å². The molecule has 45 heavy (non-hydrogen) atoms. The number of hydrogen-bond acceptors (Lipinski definition) is 3. The van der Waals surface area contributed by atoms with Crippen LogP contribution in [-0.2, 0) is 21.1 Å². The SMILES string of the molecule is CC(C)c1cccc(C(C)C)c1-n1c(-c2cccc(-c3cccc(-c4[c-]cc5ccccc5c4)n3)c2O)nc2ccccc21.[Pt]. The predicted octanol–water partition coefficient (Wildman–Crippen LogP) is 10.3. The van der Waals surface area contributed by atoms with Gasteiger partial charge < -0.3 is 5.11 Å². The Hall–Kier alpha value is -4.53. The van der Waals surface area contributed by atoms with Gasteiger partial charge in [-0.05, 0) is 59.0 Å². The number of pyridine rings is 1. The van der Waals surface area contributed by atoms with Crippen molar-refractivity contribution in [2.24, 2.45) is 0 Å². The summed E-state index contributed by atoms with van der Waals surface area (Å²) in [6, 6.07) is 42.3. The quantitative estimate of drug-likeness (QED) is 0.172. The summed E-state index contributed by atoms with van der Waals surface area (Å²) in [6.07, 6.45) is 0. The van der Waals surface area contributed by atoms with Crippen LogP contribution in [0, 0.1) is 6.07 Å². The van der Waals surface area contributed by atoms with Gasteiger partial charge in [-0.25, -0.2) is 4.98 Å². The van der Waals surface area contributed by atoms with E-state index in [9.17, 15) is 5.11 Å². The minimum absolute atomic E-state index is 0. The summed E-state index contributed by atoms with van der Waals surface area (Å²) in [5.74, 6) is 1.47. The smallest absolute Gasteiger partial charge is 0.149 e. The van der Waals surface area contributed by atoms with E-state index >= 15 is 0 Å². The Morgan fingerprint density at radius 1 is 0.644 bits per heavy atom. The molecule has 226 valence electrons. The van der Waals surface area contributed by atoms with E-state index in [0.717, 1.165) is 38.8 Å². The third-order valence-electron chi connectivity index (χ3n) is 8.38. The average molecular weight is 768 g/mol. The van der Waals surface area contributed by atoms with E-state index in [-0.39, 0.29) is 26.8 Å². The normalized spacial score (nSPS) is 11.4. The zero-order valence-electron chi connectivity index (χ0n) is 25.7. The molecule has 0 saturated heterocycles. The second kappa shape index (κ2) is 12.5. The largest absolute Gasteiger partial charge is 0.506 e. The molecule has 1 N–H and O–H groups in total. The first-order chi connectivity index (χ1) is 21.4. The van der Waals surface area contributed by atoms with Crippen LogP contribution in [0.2, 0.25) is 0 Å². The number of aromatic hydroxyl groups is 1.